The van der Waals surface area contributed by atoms with Crippen LogP contribution in [-0.2, 0) is 9.59 Å². The monoisotopic (exact) mass is 297 g/mol. The lowest BCUT2D eigenvalue weighted by Gasteiger charge is -2.30. The number of carbonyl (C=O) groups is 2. The van der Waals surface area contributed by atoms with E-state index >= 15 is 0 Å². The number of amides is 2. The summed E-state index contributed by atoms with van der Waals surface area (Å²) < 4.78 is 26.4. The van der Waals surface area contributed by atoms with Gasteiger partial charge in [0.05, 0.1) is 12.2 Å². The van der Waals surface area contributed by atoms with E-state index in [9.17, 15) is 18.4 Å². The van der Waals surface area contributed by atoms with Gasteiger partial charge in [-0.2, -0.15) is 0 Å². The number of piperidine rings is 1. The van der Waals surface area contributed by atoms with Gasteiger partial charge in [-0.1, -0.05) is 0 Å². The van der Waals surface area contributed by atoms with Gasteiger partial charge in [0, 0.05) is 19.0 Å². The first kappa shape index (κ1) is 15.2. The van der Waals surface area contributed by atoms with Crippen LogP contribution in [0.2, 0.25) is 0 Å². The summed E-state index contributed by atoms with van der Waals surface area (Å²) in [5.41, 5.74) is 5.18. The Morgan fingerprint density at radius 3 is 2.57 bits per heavy atom. The predicted molar refractivity (Wildman–Crippen MR) is 73.3 cm³/mol. The lowest BCUT2D eigenvalue weighted by Crippen LogP contribution is -2.43. The van der Waals surface area contributed by atoms with Gasteiger partial charge in [-0.25, -0.2) is 8.78 Å². The average molecular weight is 297 g/mol. The zero-order chi connectivity index (χ0) is 15.4. The molecule has 1 fully saturated rings. The molecule has 0 bridgehead atoms. The van der Waals surface area contributed by atoms with Crippen molar-refractivity contribution < 1.29 is 18.4 Å². The van der Waals surface area contributed by atoms with E-state index in [0.29, 0.717) is 25.9 Å². The number of nitrogens with two attached hydrogens (primary N) is 1. The number of nitrogens with zero attached hydrogens (tertiary/aromatic N) is 1. The molecule has 1 saturated heterocycles. The number of primary amides is 1. The lowest BCUT2D eigenvalue weighted by atomic mass is 9.96. The van der Waals surface area contributed by atoms with Gasteiger partial charge in [0.2, 0.25) is 11.8 Å². The smallest absolute Gasteiger partial charge is 0.241 e. The summed E-state index contributed by atoms with van der Waals surface area (Å²) in [7, 11) is 0. The summed E-state index contributed by atoms with van der Waals surface area (Å²) in [5.74, 6) is -1.95. The number of carbonyl (C=O) groups excluding carboxylic acids is 2. The van der Waals surface area contributed by atoms with Crippen LogP contribution in [0.4, 0.5) is 14.5 Å². The highest BCUT2D eigenvalue weighted by atomic mass is 19.1. The van der Waals surface area contributed by atoms with Gasteiger partial charge in [-0.15, -0.1) is 0 Å². The Balaban J connectivity index is 1.85. The summed E-state index contributed by atoms with van der Waals surface area (Å²) in [6, 6.07) is 3.01. The number of halogens is 2. The fraction of sp³-hybridized carbons (Fsp3) is 0.429. The molecular weight excluding hydrogens is 280 g/mol. The molecule has 1 aromatic rings. The number of benzene rings is 1. The van der Waals surface area contributed by atoms with E-state index in [0.717, 1.165) is 18.2 Å². The molecule has 2 amide bonds. The van der Waals surface area contributed by atoms with E-state index in [4.69, 9.17) is 5.73 Å². The number of hydrogen-bond donors (Lipinski definition) is 2. The average Bonchev–Trinajstić information content (AvgIpc) is 2.48. The minimum Gasteiger partial charge on any atom is -0.374 e. The van der Waals surface area contributed by atoms with Gasteiger partial charge in [0.25, 0.3) is 0 Å². The molecule has 1 aliphatic rings. The molecule has 1 heterocycles. The van der Waals surface area contributed by atoms with Gasteiger partial charge in [0.15, 0.2) is 0 Å². The van der Waals surface area contributed by atoms with Crippen molar-refractivity contribution in [3.8, 4) is 0 Å². The lowest BCUT2D eigenvalue weighted by molar-refractivity contribution is -0.133. The van der Waals surface area contributed by atoms with Gasteiger partial charge >= 0.3 is 0 Å². The molecule has 21 heavy (non-hydrogen) atoms. The van der Waals surface area contributed by atoms with Crippen LogP contribution in [0.5, 0.6) is 0 Å². The van der Waals surface area contributed by atoms with Crippen LogP contribution in [0.25, 0.3) is 0 Å². The van der Waals surface area contributed by atoms with Crippen LogP contribution in [0, 0.1) is 17.6 Å². The largest absolute Gasteiger partial charge is 0.374 e. The van der Waals surface area contributed by atoms with Crippen molar-refractivity contribution in [2.75, 3.05) is 25.0 Å². The molecule has 0 aromatic heterocycles. The van der Waals surface area contributed by atoms with E-state index in [1.165, 1.54) is 0 Å². The Hall–Kier alpha value is -2.18. The van der Waals surface area contributed by atoms with Crippen molar-refractivity contribution >= 4 is 17.5 Å². The zero-order valence-corrected chi connectivity index (χ0v) is 11.4. The maximum absolute atomic E-state index is 13.4. The van der Waals surface area contributed by atoms with Crippen molar-refractivity contribution in [3.63, 3.8) is 0 Å². The maximum Gasteiger partial charge on any atom is 0.241 e. The van der Waals surface area contributed by atoms with Crippen LogP contribution < -0.4 is 11.1 Å². The van der Waals surface area contributed by atoms with E-state index in [2.05, 4.69) is 5.32 Å². The van der Waals surface area contributed by atoms with Crippen molar-refractivity contribution in [2.45, 2.75) is 12.8 Å². The molecule has 114 valence electrons. The number of rotatable bonds is 4. The fourth-order valence-corrected chi connectivity index (χ4v) is 2.33. The topological polar surface area (TPSA) is 75.4 Å². The van der Waals surface area contributed by atoms with Crippen molar-refractivity contribution in [3.05, 3.63) is 29.8 Å². The molecule has 0 atom stereocenters. The Morgan fingerprint density at radius 1 is 1.29 bits per heavy atom. The van der Waals surface area contributed by atoms with Gasteiger partial charge in [-0.3, -0.25) is 9.59 Å². The molecule has 1 aliphatic heterocycles. The van der Waals surface area contributed by atoms with E-state index in [-0.39, 0.29) is 30.0 Å². The summed E-state index contributed by atoms with van der Waals surface area (Å²) in [5, 5.41) is 2.59. The maximum atomic E-state index is 13.4. The fourth-order valence-electron chi connectivity index (χ4n) is 2.33. The van der Waals surface area contributed by atoms with E-state index < -0.39 is 11.6 Å². The third-order valence-corrected chi connectivity index (χ3v) is 3.61. The predicted octanol–water partition coefficient (Wildman–Crippen LogP) is 1.10. The van der Waals surface area contributed by atoms with Gasteiger partial charge in [-0.05, 0) is 31.0 Å². The second-order valence-corrected chi connectivity index (χ2v) is 5.04. The first-order chi connectivity index (χ1) is 9.97. The zero-order valence-electron chi connectivity index (χ0n) is 11.4. The highest BCUT2D eigenvalue weighted by Gasteiger charge is 2.25. The van der Waals surface area contributed by atoms with Crippen LogP contribution in [0.15, 0.2) is 18.2 Å². The summed E-state index contributed by atoms with van der Waals surface area (Å²) in [4.78, 5) is 24.6. The highest BCUT2D eigenvalue weighted by molar-refractivity contribution is 5.82. The van der Waals surface area contributed by atoms with Gasteiger partial charge < -0.3 is 16.0 Å². The normalized spacial score (nSPS) is 15.8. The molecule has 0 unspecified atom stereocenters. The molecule has 0 radical (unpaired) electrons. The molecule has 1 aromatic carbocycles. The van der Waals surface area contributed by atoms with Crippen molar-refractivity contribution in [2.24, 2.45) is 11.7 Å². The summed E-state index contributed by atoms with van der Waals surface area (Å²) in [6.45, 7) is 0.765. The number of hydrogen-bond acceptors (Lipinski definition) is 3. The molecule has 3 N–H and O–H groups in total. The summed E-state index contributed by atoms with van der Waals surface area (Å²) >= 11 is 0. The Kier molecular flexibility index (Phi) is 4.72. The Bertz CT molecular complexity index is 543. The van der Waals surface area contributed by atoms with Gasteiger partial charge in [0.1, 0.15) is 11.6 Å². The second kappa shape index (κ2) is 6.51. The molecule has 5 nitrogen and oxygen atoms in total. The molecule has 0 aliphatic carbocycles. The number of likely N-dealkylation sites (tertiary alicyclic amines) is 1. The SMILES string of the molecule is NC(=O)C1CCN(C(=O)CNc2cc(F)ccc2F)CC1. The minimum atomic E-state index is -0.614. The Labute approximate surface area is 121 Å². The Morgan fingerprint density at radius 2 is 1.95 bits per heavy atom. The highest BCUT2D eigenvalue weighted by Crippen LogP contribution is 2.18. The van der Waals surface area contributed by atoms with E-state index in [1.807, 2.05) is 0 Å². The molecule has 0 spiro atoms. The molecular formula is C14H17F2N3O2. The number of nitrogens with one attached hydrogen (secondary N) is 1. The van der Waals surface area contributed by atoms with Crippen LogP contribution in [-0.4, -0.2) is 36.3 Å². The standard InChI is InChI=1S/C14H17F2N3O2/c15-10-1-2-11(16)12(7-10)18-8-13(20)19-5-3-9(4-6-19)14(17)21/h1-2,7,9,18H,3-6,8H2,(H2,17,21). The molecule has 0 saturated carbocycles. The third kappa shape index (κ3) is 3.90. The number of anilines is 1. The van der Waals surface area contributed by atoms with Crippen LogP contribution >= 0.6 is 0 Å². The molecule has 2 rings (SSSR count). The quantitative estimate of drug-likeness (QED) is 0.874. The second-order valence-electron chi connectivity index (χ2n) is 5.04. The minimum absolute atomic E-state index is 0.0460. The molecule has 7 heteroatoms. The van der Waals surface area contributed by atoms with Crippen molar-refractivity contribution in [1.29, 1.82) is 0 Å². The third-order valence-electron chi connectivity index (χ3n) is 3.61. The first-order valence-corrected chi connectivity index (χ1v) is 6.73. The van der Waals surface area contributed by atoms with E-state index in [1.54, 1.807) is 4.90 Å². The first-order valence-electron chi connectivity index (χ1n) is 6.73. The van der Waals surface area contributed by atoms with Crippen LogP contribution in [0.3, 0.4) is 0 Å². The summed E-state index contributed by atoms with van der Waals surface area (Å²) in [6.07, 6.45) is 1.07. The van der Waals surface area contributed by atoms with Crippen LogP contribution in [0.1, 0.15) is 12.8 Å². The van der Waals surface area contributed by atoms with Crippen molar-refractivity contribution in [1.82, 2.24) is 4.90 Å².